The predicted molar refractivity (Wildman–Crippen MR) is 69.7 cm³/mol. The number of rotatable bonds is 4. The van der Waals surface area contributed by atoms with E-state index in [9.17, 15) is 5.11 Å². The highest BCUT2D eigenvalue weighted by molar-refractivity contribution is 5.27. The molecule has 1 aromatic rings. The van der Waals surface area contributed by atoms with Gasteiger partial charge in [-0.2, -0.15) is 0 Å². The van der Waals surface area contributed by atoms with Crippen LogP contribution in [0.3, 0.4) is 0 Å². The predicted octanol–water partition coefficient (Wildman–Crippen LogP) is 1.84. The van der Waals surface area contributed by atoms with Crippen molar-refractivity contribution in [2.75, 3.05) is 19.0 Å². The monoisotopic (exact) mass is 251 g/mol. The molecule has 0 aliphatic heterocycles. The van der Waals surface area contributed by atoms with Gasteiger partial charge in [0.15, 0.2) is 5.75 Å². The van der Waals surface area contributed by atoms with Gasteiger partial charge in [-0.3, -0.25) is 0 Å². The summed E-state index contributed by atoms with van der Waals surface area (Å²) in [6, 6.07) is 0. The number of nitrogens with one attached hydrogen (secondary N) is 1. The second kappa shape index (κ2) is 5.52. The van der Waals surface area contributed by atoms with Crippen molar-refractivity contribution in [2.45, 2.75) is 38.2 Å². The van der Waals surface area contributed by atoms with Crippen molar-refractivity contribution in [1.82, 2.24) is 9.97 Å². The Hall–Kier alpha value is -1.36. The highest BCUT2D eigenvalue weighted by Gasteiger charge is 2.31. The van der Waals surface area contributed by atoms with E-state index in [0.717, 1.165) is 31.6 Å². The van der Waals surface area contributed by atoms with Crippen molar-refractivity contribution in [3.8, 4) is 5.75 Å². The van der Waals surface area contributed by atoms with E-state index in [1.54, 1.807) is 19.5 Å². The third-order valence-electron chi connectivity index (χ3n) is 3.64. The smallest absolute Gasteiger partial charge is 0.222 e. The number of aromatic nitrogens is 2. The van der Waals surface area contributed by atoms with E-state index in [0.29, 0.717) is 18.2 Å². The lowest BCUT2D eigenvalue weighted by atomic mass is 9.79. The van der Waals surface area contributed by atoms with Crippen LogP contribution in [0.2, 0.25) is 0 Å². The number of hydrogen-bond donors (Lipinski definition) is 2. The Balaban J connectivity index is 1.86. The lowest BCUT2D eigenvalue weighted by molar-refractivity contribution is 0.00487. The summed E-state index contributed by atoms with van der Waals surface area (Å²) < 4.78 is 4.99. The third kappa shape index (κ3) is 3.32. The Morgan fingerprint density at radius 3 is 2.56 bits per heavy atom. The number of ether oxygens (including phenoxy) is 1. The zero-order valence-electron chi connectivity index (χ0n) is 11.0. The minimum Gasteiger partial charge on any atom is -0.494 e. The first-order chi connectivity index (χ1) is 8.61. The fraction of sp³-hybridized carbons (Fsp3) is 0.692. The van der Waals surface area contributed by atoms with Crippen LogP contribution in [0.5, 0.6) is 5.75 Å². The van der Waals surface area contributed by atoms with Gasteiger partial charge in [-0.15, -0.1) is 0 Å². The number of hydrogen-bond acceptors (Lipinski definition) is 5. The summed E-state index contributed by atoms with van der Waals surface area (Å²) in [5.74, 6) is 1.89. The fourth-order valence-electron chi connectivity index (χ4n) is 2.23. The first-order valence-electron chi connectivity index (χ1n) is 6.44. The van der Waals surface area contributed by atoms with Crippen LogP contribution < -0.4 is 10.1 Å². The largest absolute Gasteiger partial charge is 0.494 e. The molecule has 0 bridgehead atoms. The molecule has 1 fully saturated rings. The van der Waals surface area contributed by atoms with Crippen LogP contribution >= 0.6 is 0 Å². The maximum absolute atomic E-state index is 10.4. The molecule has 1 heterocycles. The molecule has 18 heavy (non-hydrogen) atoms. The Morgan fingerprint density at radius 1 is 1.39 bits per heavy atom. The van der Waals surface area contributed by atoms with E-state index in [4.69, 9.17) is 4.74 Å². The Labute approximate surface area is 108 Å². The van der Waals surface area contributed by atoms with E-state index < -0.39 is 5.60 Å². The van der Waals surface area contributed by atoms with Crippen LogP contribution in [0.4, 0.5) is 5.95 Å². The quantitative estimate of drug-likeness (QED) is 0.854. The van der Waals surface area contributed by atoms with Crippen molar-refractivity contribution in [3.63, 3.8) is 0 Å². The summed E-state index contributed by atoms with van der Waals surface area (Å²) in [4.78, 5) is 8.24. The number of nitrogens with zero attached hydrogens (tertiary/aromatic N) is 2. The summed E-state index contributed by atoms with van der Waals surface area (Å²) in [6.07, 6.45) is 7.09. The van der Waals surface area contributed by atoms with E-state index in [1.165, 1.54) is 0 Å². The van der Waals surface area contributed by atoms with Crippen LogP contribution in [0.25, 0.3) is 0 Å². The highest BCUT2D eigenvalue weighted by atomic mass is 16.5. The average molecular weight is 251 g/mol. The molecular formula is C13H21N3O2. The average Bonchev–Trinajstić information content (AvgIpc) is 2.41. The Kier molecular flexibility index (Phi) is 4.01. The molecule has 0 aromatic carbocycles. The third-order valence-corrected chi connectivity index (χ3v) is 3.64. The van der Waals surface area contributed by atoms with Crippen LogP contribution in [-0.4, -0.2) is 34.3 Å². The van der Waals surface area contributed by atoms with Crippen molar-refractivity contribution in [1.29, 1.82) is 0 Å². The van der Waals surface area contributed by atoms with Gasteiger partial charge >= 0.3 is 0 Å². The maximum atomic E-state index is 10.4. The van der Waals surface area contributed by atoms with Gasteiger partial charge in [0.2, 0.25) is 5.95 Å². The molecule has 0 spiro atoms. The molecule has 1 aliphatic carbocycles. The van der Waals surface area contributed by atoms with E-state index in [-0.39, 0.29) is 0 Å². The standard InChI is InChI=1S/C13H21N3O2/c1-10-3-5-13(17,6-4-10)9-16-12-14-7-11(18-2)8-15-12/h7-8,10,17H,3-6,9H2,1-2H3,(H,14,15,16). The molecular weight excluding hydrogens is 230 g/mol. The molecule has 5 nitrogen and oxygen atoms in total. The summed E-state index contributed by atoms with van der Waals surface area (Å²) in [7, 11) is 1.58. The van der Waals surface area contributed by atoms with Crippen LogP contribution in [-0.2, 0) is 0 Å². The van der Waals surface area contributed by atoms with Gasteiger partial charge < -0.3 is 15.2 Å². The Morgan fingerprint density at radius 2 is 2.00 bits per heavy atom. The summed E-state index contributed by atoms with van der Waals surface area (Å²) in [5, 5.41) is 13.5. The molecule has 1 saturated carbocycles. The van der Waals surface area contributed by atoms with Gasteiger partial charge in [0.1, 0.15) is 0 Å². The van der Waals surface area contributed by atoms with Crippen molar-refractivity contribution in [3.05, 3.63) is 12.4 Å². The van der Waals surface area contributed by atoms with E-state index in [1.807, 2.05) is 0 Å². The molecule has 0 amide bonds. The summed E-state index contributed by atoms with van der Waals surface area (Å²) >= 11 is 0. The molecule has 0 atom stereocenters. The number of methoxy groups -OCH3 is 1. The van der Waals surface area contributed by atoms with Gasteiger partial charge in [-0.25, -0.2) is 9.97 Å². The second-order valence-corrected chi connectivity index (χ2v) is 5.21. The molecule has 0 saturated heterocycles. The topological polar surface area (TPSA) is 67.3 Å². The van der Waals surface area contributed by atoms with Crippen LogP contribution in [0.1, 0.15) is 32.6 Å². The zero-order chi connectivity index (χ0) is 13.0. The van der Waals surface area contributed by atoms with Crippen molar-refractivity contribution in [2.24, 2.45) is 5.92 Å². The fourth-order valence-corrected chi connectivity index (χ4v) is 2.23. The molecule has 0 radical (unpaired) electrons. The number of anilines is 1. The zero-order valence-corrected chi connectivity index (χ0v) is 11.0. The van der Waals surface area contributed by atoms with E-state index >= 15 is 0 Å². The Bertz CT molecular complexity index is 372. The molecule has 1 aromatic heterocycles. The normalized spacial score (nSPS) is 27.8. The summed E-state index contributed by atoms with van der Waals surface area (Å²) in [6.45, 7) is 2.74. The molecule has 5 heteroatoms. The second-order valence-electron chi connectivity index (χ2n) is 5.21. The number of aliphatic hydroxyl groups is 1. The van der Waals surface area contributed by atoms with Gasteiger partial charge in [0.25, 0.3) is 0 Å². The lowest BCUT2D eigenvalue weighted by Gasteiger charge is -2.34. The van der Waals surface area contributed by atoms with Gasteiger partial charge in [0.05, 0.1) is 25.1 Å². The van der Waals surface area contributed by atoms with Gasteiger partial charge in [0, 0.05) is 6.54 Å². The van der Waals surface area contributed by atoms with E-state index in [2.05, 4.69) is 22.2 Å². The minimum absolute atomic E-state index is 0.506. The highest BCUT2D eigenvalue weighted by Crippen LogP contribution is 2.31. The van der Waals surface area contributed by atoms with Gasteiger partial charge in [-0.05, 0) is 31.6 Å². The minimum atomic E-state index is -0.615. The molecule has 100 valence electrons. The van der Waals surface area contributed by atoms with Crippen LogP contribution in [0.15, 0.2) is 12.4 Å². The van der Waals surface area contributed by atoms with Crippen molar-refractivity contribution < 1.29 is 9.84 Å². The molecule has 1 aliphatic rings. The summed E-state index contributed by atoms with van der Waals surface area (Å²) in [5.41, 5.74) is -0.615. The SMILES string of the molecule is COc1cnc(NCC2(O)CCC(C)CC2)nc1. The maximum Gasteiger partial charge on any atom is 0.222 e. The lowest BCUT2D eigenvalue weighted by Crippen LogP contribution is -2.40. The first-order valence-corrected chi connectivity index (χ1v) is 6.44. The molecule has 2 rings (SSSR count). The van der Waals surface area contributed by atoms with Crippen molar-refractivity contribution >= 4 is 5.95 Å². The van der Waals surface area contributed by atoms with Crippen LogP contribution in [0, 0.1) is 5.92 Å². The first kappa shape index (κ1) is 13.1. The van der Waals surface area contributed by atoms with Gasteiger partial charge in [-0.1, -0.05) is 6.92 Å². The molecule has 0 unspecified atom stereocenters. The molecule has 2 N–H and O–H groups in total.